The Balaban J connectivity index is 2.25. The Morgan fingerprint density at radius 3 is 3.15 bits per heavy atom. The van der Waals surface area contributed by atoms with Crippen molar-refractivity contribution in [3.8, 4) is 0 Å². The molecule has 0 unspecified atom stereocenters. The summed E-state index contributed by atoms with van der Waals surface area (Å²) in [6.07, 6.45) is 3.72. The van der Waals surface area contributed by atoms with Gasteiger partial charge in [-0.25, -0.2) is 0 Å². The predicted molar refractivity (Wildman–Crippen MR) is 48.1 cm³/mol. The van der Waals surface area contributed by atoms with E-state index in [0.717, 1.165) is 12.8 Å². The molecule has 0 aromatic rings. The van der Waals surface area contributed by atoms with E-state index in [0.29, 0.717) is 25.5 Å². The first-order valence-corrected chi connectivity index (χ1v) is 4.48. The lowest BCUT2D eigenvalue weighted by atomic mass is 10.2. The minimum Gasteiger partial charge on any atom is -0.490 e. The zero-order valence-electron chi connectivity index (χ0n) is 7.62. The third-order valence-corrected chi connectivity index (χ3v) is 1.71. The van der Waals surface area contributed by atoms with E-state index in [9.17, 15) is 4.79 Å². The van der Waals surface area contributed by atoms with Gasteiger partial charge in [-0.1, -0.05) is 0 Å². The molecule has 0 radical (unpaired) electrons. The molecular formula is C9H15NO3. The molecule has 0 aromatic carbocycles. The fourth-order valence-electron chi connectivity index (χ4n) is 1.07. The number of carbonyl (C=O) groups is 1. The molecule has 1 heterocycles. The monoisotopic (exact) mass is 185 g/mol. The molecule has 2 N–H and O–H groups in total. The molecule has 0 aliphatic carbocycles. The SMILES string of the molecule is NCCOCC(=O)C1=CCCCO1. The van der Waals surface area contributed by atoms with Crippen LogP contribution in [-0.2, 0) is 14.3 Å². The topological polar surface area (TPSA) is 61.5 Å². The second-order valence-electron chi connectivity index (χ2n) is 2.82. The molecule has 13 heavy (non-hydrogen) atoms. The van der Waals surface area contributed by atoms with Gasteiger partial charge < -0.3 is 15.2 Å². The zero-order chi connectivity index (χ0) is 9.52. The van der Waals surface area contributed by atoms with Crippen molar-refractivity contribution in [1.82, 2.24) is 0 Å². The highest BCUT2D eigenvalue weighted by Crippen LogP contribution is 2.10. The van der Waals surface area contributed by atoms with Crippen molar-refractivity contribution < 1.29 is 14.3 Å². The van der Waals surface area contributed by atoms with Gasteiger partial charge in [0.05, 0.1) is 13.2 Å². The lowest BCUT2D eigenvalue weighted by Crippen LogP contribution is -2.18. The normalized spacial score (nSPS) is 16.2. The van der Waals surface area contributed by atoms with Crippen LogP contribution in [0.1, 0.15) is 12.8 Å². The number of hydrogen-bond acceptors (Lipinski definition) is 4. The average molecular weight is 185 g/mol. The summed E-state index contributed by atoms with van der Waals surface area (Å²) in [7, 11) is 0. The maximum Gasteiger partial charge on any atom is 0.222 e. The van der Waals surface area contributed by atoms with Gasteiger partial charge in [-0.3, -0.25) is 4.79 Å². The molecule has 74 valence electrons. The molecule has 0 fully saturated rings. The van der Waals surface area contributed by atoms with Crippen molar-refractivity contribution in [2.24, 2.45) is 5.73 Å². The Hall–Kier alpha value is -0.870. The van der Waals surface area contributed by atoms with Crippen molar-refractivity contribution >= 4 is 5.78 Å². The highest BCUT2D eigenvalue weighted by molar-refractivity contribution is 5.94. The highest BCUT2D eigenvalue weighted by atomic mass is 16.5. The quantitative estimate of drug-likeness (QED) is 0.623. The Morgan fingerprint density at radius 1 is 1.69 bits per heavy atom. The second kappa shape index (κ2) is 5.72. The average Bonchev–Trinajstić information content (AvgIpc) is 2.19. The maximum absolute atomic E-state index is 11.3. The van der Waals surface area contributed by atoms with Crippen LogP contribution in [0.4, 0.5) is 0 Å². The molecule has 0 aromatic heterocycles. The van der Waals surface area contributed by atoms with E-state index in [2.05, 4.69) is 0 Å². The van der Waals surface area contributed by atoms with Crippen LogP contribution in [0.3, 0.4) is 0 Å². The Labute approximate surface area is 77.7 Å². The van der Waals surface area contributed by atoms with Gasteiger partial charge in [0.15, 0.2) is 5.76 Å². The number of Topliss-reactive ketones (excluding diaryl/α,β-unsaturated/α-hetero) is 1. The van der Waals surface area contributed by atoms with Crippen LogP contribution >= 0.6 is 0 Å². The van der Waals surface area contributed by atoms with Gasteiger partial charge in [-0.05, 0) is 18.9 Å². The van der Waals surface area contributed by atoms with Gasteiger partial charge in [0.1, 0.15) is 6.61 Å². The number of hydrogen-bond donors (Lipinski definition) is 1. The Bertz CT molecular complexity index is 201. The van der Waals surface area contributed by atoms with Gasteiger partial charge in [0.2, 0.25) is 5.78 Å². The smallest absolute Gasteiger partial charge is 0.222 e. The largest absolute Gasteiger partial charge is 0.490 e. The highest BCUT2D eigenvalue weighted by Gasteiger charge is 2.13. The molecule has 1 aliphatic heterocycles. The van der Waals surface area contributed by atoms with Crippen molar-refractivity contribution in [2.75, 3.05) is 26.4 Å². The maximum atomic E-state index is 11.3. The first kappa shape index (κ1) is 10.2. The van der Waals surface area contributed by atoms with Crippen LogP contribution in [0, 0.1) is 0 Å². The Morgan fingerprint density at radius 2 is 2.54 bits per heavy atom. The van der Waals surface area contributed by atoms with Gasteiger partial charge in [-0.15, -0.1) is 0 Å². The van der Waals surface area contributed by atoms with Crippen LogP contribution < -0.4 is 5.73 Å². The van der Waals surface area contributed by atoms with Crippen molar-refractivity contribution in [1.29, 1.82) is 0 Å². The van der Waals surface area contributed by atoms with Gasteiger partial charge in [0.25, 0.3) is 0 Å². The number of rotatable bonds is 5. The minimum absolute atomic E-state index is 0.0725. The Kier molecular flexibility index (Phi) is 4.49. The molecule has 0 saturated carbocycles. The summed E-state index contributed by atoms with van der Waals surface area (Å²) in [5, 5.41) is 0. The van der Waals surface area contributed by atoms with E-state index < -0.39 is 0 Å². The standard InChI is InChI=1S/C9H15NO3/c10-4-6-12-7-8(11)9-3-1-2-5-13-9/h3H,1-2,4-7,10H2. The number of carbonyl (C=O) groups excluding carboxylic acids is 1. The van der Waals surface area contributed by atoms with E-state index in [1.807, 2.05) is 6.08 Å². The lowest BCUT2D eigenvalue weighted by molar-refractivity contribution is -0.123. The molecule has 0 bridgehead atoms. The van der Waals surface area contributed by atoms with Crippen LogP contribution in [0.15, 0.2) is 11.8 Å². The van der Waals surface area contributed by atoms with Crippen LogP contribution in [-0.4, -0.2) is 32.1 Å². The molecular weight excluding hydrogens is 170 g/mol. The van der Waals surface area contributed by atoms with Crippen LogP contribution in [0.2, 0.25) is 0 Å². The summed E-state index contributed by atoms with van der Waals surface area (Å²) in [5.74, 6) is 0.358. The van der Waals surface area contributed by atoms with E-state index in [1.54, 1.807) is 0 Å². The van der Waals surface area contributed by atoms with E-state index in [4.69, 9.17) is 15.2 Å². The molecule has 1 rings (SSSR count). The molecule has 1 aliphatic rings. The van der Waals surface area contributed by atoms with E-state index >= 15 is 0 Å². The fourth-order valence-corrected chi connectivity index (χ4v) is 1.07. The summed E-state index contributed by atoms with van der Waals surface area (Å²) in [5.41, 5.74) is 5.21. The molecule has 0 saturated heterocycles. The number of allylic oxidation sites excluding steroid dienone is 1. The minimum atomic E-state index is -0.0897. The number of ketones is 1. The van der Waals surface area contributed by atoms with Crippen LogP contribution in [0.25, 0.3) is 0 Å². The summed E-state index contributed by atoms with van der Waals surface area (Å²) in [6.45, 7) is 1.56. The first-order valence-electron chi connectivity index (χ1n) is 4.48. The van der Waals surface area contributed by atoms with Gasteiger partial charge in [-0.2, -0.15) is 0 Å². The number of ether oxygens (including phenoxy) is 2. The fraction of sp³-hybridized carbons (Fsp3) is 0.667. The van der Waals surface area contributed by atoms with E-state index in [1.165, 1.54) is 0 Å². The molecule has 4 nitrogen and oxygen atoms in total. The lowest BCUT2D eigenvalue weighted by Gasteiger charge is -2.13. The summed E-state index contributed by atoms with van der Waals surface area (Å²) in [6, 6.07) is 0. The molecule has 0 atom stereocenters. The third-order valence-electron chi connectivity index (χ3n) is 1.71. The van der Waals surface area contributed by atoms with Crippen LogP contribution in [0.5, 0.6) is 0 Å². The zero-order valence-corrected chi connectivity index (χ0v) is 7.62. The first-order chi connectivity index (χ1) is 6.34. The molecule has 4 heteroatoms. The summed E-state index contributed by atoms with van der Waals surface area (Å²) >= 11 is 0. The summed E-state index contributed by atoms with van der Waals surface area (Å²) in [4.78, 5) is 11.3. The van der Waals surface area contributed by atoms with Gasteiger partial charge in [0, 0.05) is 6.54 Å². The second-order valence-corrected chi connectivity index (χ2v) is 2.82. The number of nitrogens with two attached hydrogens (primary N) is 1. The summed E-state index contributed by atoms with van der Waals surface area (Å²) < 4.78 is 10.2. The third kappa shape index (κ3) is 3.57. The molecule has 0 amide bonds. The predicted octanol–water partition coefficient (Wildman–Crippen LogP) is 0.225. The van der Waals surface area contributed by atoms with Crippen molar-refractivity contribution in [3.05, 3.63) is 11.8 Å². The van der Waals surface area contributed by atoms with Crippen molar-refractivity contribution in [2.45, 2.75) is 12.8 Å². The van der Waals surface area contributed by atoms with E-state index in [-0.39, 0.29) is 12.4 Å². The van der Waals surface area contributed by atoms with Gasteiger partial charge >= 0.3 is 0 Å². The van der Waals surface area contributed by atoms with Crippen molar-refractivity contribution in [3.63, 3.8) is 0 Å². The molecule has 0 spiro atoms.